The molecule has 25 heavy (non-hydrogen) atoms. The Balaban J connectivity index is 2.02. The molecule has 0 aliphatic carbocycles. The third-order valence-electron chi connectivity index (χ3n) is 4.43. The van der Waals surface area contributed by atoms with Gasteiger partial charge in [0.05, 0.1) is 10.0 Å². The lowest BCUT2D eigenvalue weighted by Gasteiger charge is -2.34. The maximum Gasteiger partial charge on any atom is 0.244 e. The van der Waals surface area contributed by atoms with Crippen LogP contribution < -0.4 is 0 Å². The third-order valence-corrected chi connectivity index (χ3v) is 7.30. The highest BCUT2D eigenvalue weighted by Gasteiger charge is 2.32. The molecule has 1 aromatic carbocycles. The molecule has 1 unspecified atom stereocenters. The van der Waals surface area contributed by atoms with Crippen molar-refractivity contribution in [2.75, 3.05) is 26.2 Å². The van der Waals surface area contributed by atoms with Crippen LogP contribution in [0.3, 0.4) is 0 Å². The second-order valence-electron chi connectivity index (χ2n) is 6.43. The maximum atomic E-state index is 12.8. The van der Waals surface area contributed by atoms with E-state index in [9.17, 15) is 13.2 Å². The van der Waals surface area contributed by atoms with Crippen LogP contribution in [0.2, 0.25) is 10.0 Å². The van der Waals surface area contributed by atoms with Crippen molar-refractivity contribution in [2.24, 2.45) is 5.92 Å². The molecule has 0 bridgehead atoms. The minimum atomic E-state index is -3.72. The molecule has 1 aromatic rings. The zero-order valence-electron chi connectivity index (χ0n) is 14.5. The summed E-state index contributed by atoms with van der Waals surface area (Å²) in [6.07, 6.45) is 2.59. The van der Waals surface area contributed by atoms with Crippen LogP contribution in [0.15, 0.2) is 23.1 Å². The average molecular weight is 407 g/mol. The molecule has 8 heteroatoms. The largest absolute Gasteiger partial charge is 0.340 e. The molecular formula is C17H24Cl2N2O3S. The molecule has 2 rings (SSSR count). The molecule has 0 saturated carbocycles. The van der Waals surface area contributed by atoms with E-state index in [0.717, 1.165) is 12.8 Å². The fourth-order valence-corrected chi connectivity index (χ4v) is 5.18. The van der Waals surface area contributed by atoms with Crippen LogP contribution in [0.5, 0.6) is 0 Å². The average Bonchev–Trinajstić information content (AvgIpc) is 2.57. The van der Waals surface area contributed by atoms with E-state index in [1.807, 2.05) is 0 Å². The first-order valence-electron chi connectivity index (χ1n) is 8.49. The Bertz CT molecular complexity index is 717. The Labute approximate surface area is 159 Å². The molecule has 1 aliphatic heterocycles. The number of hydrogen-bond donors (Lipinski definition) is 0. The van der Waals surface area contributed by atoms with Gasteiger partial charge in [0, 0.05) is 32.6 Å². The number of benzene rings is 1. The fourth-order valence-electron chi connectivity index (χ4n) is 3.02. The van der Waals surface area contributed by atoms with Crippen LogP contribution in [0, 0.1) is 5.92 Å². The van der Waals surface area contributed by atoms with E-state index in [4.69, 9.17) is 23.2 Å². The minimum Gasteiger partial charge on any atom is -0.340 e. The second kappa shape index (κ2) is 8.71. The number of piperazine rings is 1. The van der Waals surface area contributed by atoms with Crippen LogP contribution in [0.1, 0.15) is 33.1 Å². The van der Waals surface area contributed by atoms with Crippen LogP contribution in [0.4, 0.5) is 0 Å². The summed E-state index contributed by atoms with van der Waals surface area (Å²) in [5.74, 6) is 0.448. The third kappa shape index (κ3) is 4.88. The van der Waals surface area contributed by atoms with Gasteiger partial charge in [-0.05, 0) is 18.1 Å². The Morgan fingerprint density at radius 2 is 1.84 bits per heavy atom. The number of rotatable bonds is 6. The van der Waals surface area contributed by atoms with Gasteiger partial charge in [0.2, 0.25) is 15.9 Å². The summed E-state index contributed by atoms with van der Waals surface area (Å²) in [7, 11) is -3.72. The Hall–Kier alpha value is -0.820. The molecule has 0 aromatic heterocycles. The zero-order valence-corrected chi connectivity index (χ0v) is 16.9. The van der Waals surface area contributed by atoms with E-state index >= 15 is 0 Å². The molecule has 140 valence electrons. The molecule has 1 aliphatic rings. The molecule has 0 spiro atoms. The van der Waals surface area contributed by atoms with Crippen molar-refractivity contribution < 1.29 is 13.2 Å². The highest BCUT2D eigenvalue weighted by atomic mass is 35.5. The summed E-state index contributed by atoms with van der Waals surface area (Å²) in [5.41, 5.74) is 0. The second-order valence-corrected chi connectivity index (χ2v) is 9.13. The molecule has 5 nitrogen and oxygen atoms in total. The van der Waals surface area contributed by atoms with Crippen LogP contribution >= 0.6 is 23.2 Å². The van der Waals surface area contributed by atoms with E-state index in [1.54, 1.807) is 17.0 Å². The van der Waals surface area contributed by atoms with Gasteiger partial charge in [-0.25, -0.2) is 8.42 Å². The van der Waals surface area contributed by atoms with Crippen molar-refractivity contribution in [1.82, 2.24) is 9.21 Å². The van der Waals surface area contributed by atoms with Gasteiger partial charge in [0.15, 0.2) is 0 Å². The first kappa shape index (κ1) is 20.5. The van der Waals surface area contributed by atoms with Gasteiger partial charge in [-0.3, -0.25) is 4.79 Å². The van der Waals surface area contributed by atoms with Gasteiger partial charge in [-0.15, -0.1) is 0 Å². The van der Waals surface area contributed by atoms with Crippen LogP contribution in [0.25, 0.3) is 0 Å². The highest BCUT2D eigenvalue weighted by Crippen LogP contribution is 2.31. The smallest absolute Gasteiger partial charge is 0.244 e. The summed E-state index contributed by atoms with van der Waals surface area (Å²) in [6.45, 7) is 5.50. The topological polar surface area (TPSA) is 57.7 Å². The van der Waals surface area contributed by atoms with Gasteiger partial charge < -0.3 is 4.90 Å². The number of nitrogens with zero attached hydrogens (tertiary/aromatic N) is 2. The molecule has 1 fully saturated rings. The Morgan fingerprint density at radius 3 is 2.44 bits per heavy atom. The highest BCUT2D eigenvalue weighted by molar-refractivity contribution is 7.89. The summed E-state index contributed by atoms with van der Waals surface area (Å²) >= 11 is 12.0. The van der Waals surface area contributed by atoms with E-state index in [2.05, 4.69) is 13.8 Å². The lowest BCUT2D eigenvalue weighted by Crippen LogP contribution is -2.50. The molecule has 1 heterocycles. The van der Waals surface area contributed by atoms with Crippen molar-refractivity contribution in [3.63, 3.8) is 0 Å². The summed E-state index contributed by atoms with van der Waals surface area (Å²) in [6, 6.07) is 4.57. The van der Waals surface area contributed by atoms with Gasteiger partial charge in [0.1, 0.15) is 4.90 Å². The van der Waals surface area contributed by atoms with Gasteiger partial charge in [0.25, 0.3) is 0 Å². The molecule has 1 saturated heterocycles. The normalized spacial score (nSPS) is 17.5. The van der Waals surface area contributed by atoms with Crippen LogP contribution in [-0.2, 0) is 14.8 Å². The van der Waals surface area contributed by atoms with Crippen LogP contribution in [-0.4, -0.2) is 49.7 Å². The number of carbonyl (C=O) groups is 1. The first-order valence-corrected chi connectivity index (χ1v) is 10.7. The van der Waals surface area contributed by atoms with Crippen molar-refractivity contribution in [2.45, 2.75) is 38.0 Å². The quantitative estimate of drug-likeness (QED) is 0.723. The molecular weight excluding hydrogens is 383 g/mol. The summed E-state index contributed by atoms with van der Waals surface area (Å²) < 4.78 is 26.9. The Morgan fingerprint density at radius 1 is 1.20 bits per heavy atom. The van der Waals surface area contributed by atoms with Gasteiger partial charge in [-0.2, -0.15) is 4.31 Å². The van der Waals surface area contributed by atoms with E-state index in [1.165, 1.54) is 10.4 Å². The van der Waals surface area contributed by atoms with Crippen molar-refractivity contribution in [1.29, 1.82) is 0 Å². The first-order chi connectivity index (χ1) is 11.8. The number of halogens is 2. The van der Waals surface area contributed by atoms with Crippen molar-refractivity contribution in [3.05, 3.63) is 28.2 Å². The Kier molecular flexibility index (Phi) is 7.14. The molecule has 0 N–H and O–H groups in total. The van der Waals surface area contributed by atoms with Crippen molar-refractivity contribution in [3.8, 4) is 0 Å². The fraction of sp³-hybridized carbons (Fsp3) is 0.588. The number of sulfonamides is 1. The molecule has 1 amide bonds. The predicted molar refractivity (Wildman–Crippen MR) is 100 cm³/mol. The summed E-state index contributed by atoms with van der Waals surface area (Å²) in [5, 5.41) is 0.248. The van der Waals surface area contributed by atoms with E-state index in [0.29, 0.717) is 25.4 Å². The van der Waals surface area contributed by atoms with Gasteiger partial charge >= 0.3 is 0 Å². The lowest BCUT2D eigenvalue weighted by atomic mass is 10.0. The van der Waals surface area contributed by atoms with Gasteiger partial charge in [-0.1, -0.05) is 56.0 Å². The number of hydrogen-bond acceptors (Lipinski definition) is 3. The zero-order chi connectivity index (χ0) is 18.6. The van der Waals surface area contributed by atoms with E-state index < -0.39 is 10.0 Å². The summed E-state index contributed by atoms with van der Waals surface area (Å²) in [4.78, 5) is 14.1. The molecule has 0 radical (unpaired) electrons. The molecule has 1 atom stereocenters. The minimum absolute atomic E-state index is 0.0120. The maximum absolute atomic E-state index is 12.8. The number of carbonyl (C=O) groups excluding carboxylic acids is 1. The standard InChI is InChI=1S/C17H24Cl2N2O3S/c1-3-5-13(2)12-16(22)20-8-10-21(11-9-20)25(23,24)15-7-4-6-14(18)17(15)19/h4,6-7,13H,3,5,8-12H2,1-2H3. The SMILES string of the molecule is CCCC(C)CC(=O)N1CCN(S(=O)(=O)c2cccc(Cl)c2Cl)CC1. The van der Waals surface area contributed by atoms with E-state index in [-0.39, 0.29) is 33.9 Å². The number of amides is 1. The van der Waals surface area contributed by atoms with Crippen molar-refractivity contribution >= 4 is 39.1 Å². The predicted octanol–water partition coefficient (Wildman–Crippen LogP) is 3.65. The monoisotopic (exact) mass is 406 g/mol. The lowest BCUT2D eigenvalue weighted by molar-refractivity contribution is -0.133.